The van der Waals surface area contributed by atoms with Crippen LogP contribution in [-0.4, -0.2) is 29.2 Å². The number of hydrogen-bond donors (Lipinski definition) is 1. The zero-order chi connectivity index (χ0) is 19.3. The topological polar surface area (TPSA) is 77.5 Å². The third-order valence-corrected chi connectivity index (χ3v) is 6.90. The van der Waals surface area contributed by atoms with Crippen molar-refractivity contribution in [1.82, 2.24) is 10.3 Å². The first kappa shape index (κ1) is 19.0. The maximum Gasteiger partial charge on any atom is 0.231 e. The predicted octanol–water partition coefficient (Wildman–Crippen LogP) is 3.77. The summed E-state index contributed by atoms with van der Waals surface area (Å²) in [4.78, 5) is 29.4. The second kappa shape index (κ2) is 8.76. The first-order valence-electron chi connectivity index (χ1n) is 8.46. The highest BCUT2D eigenvalue weighted by atomic mass is 32.2. The smallest absolute Gasteiger partial charge is 0.231 e. The van der Waals surface area contributed by atoms with Crippen LogP contribution in [0.25, 0.3) is 0 Å². The number of amides is 1. The van der Waals surface area contributed by atoms with E-state index in [1.165, 1.54) is 34.4 Å². The maximum atomic E-state index is 12.2. The first-order chi connectivity index (χ1) is 13.7. The van der Waals surface area contributed by atoms with Crippen molar-refractivity contribution in [3.8, 4) is 11.5 Å². The first-order valence-corrected chi connectivity index (χ1v) is 11.2. The molecule has 0 unspecified atom stereocenters. The Morgan fingerprint density at radius 1 is 1.18 bits per heavy atom. The number of aromatic nitrogens is 1. The SMILES string of the molecule is O=C(Cc1csc(SCC(=O)c2cccs2)n1)NCc1ccc2c(c1)OCO2. The average Bonchev–Trinajstić information content (AvgIpc) is 3.45. The van der Waals surface area contributed by atoms with Gasteiger partial charge in [-0.1, -0.05) is 23.9 Å². The third-order valence-electron chi connectivity index (χ3n) is 3.92. The highest BCUT2D eigenvalue weighted by Crippen LogP contribution is 2.32. The summed E-state index contributed by atoms with van der Waals surface area (Å²) in [6.45, 7) is 0.644. The fourth-order valence-electron chi connectivity index (χ4n) is 2.55. The number of carbonyl (C=O) groups is 2. The number of hydrogen-bond acceptors (Lipinski definition) is 8. The number of nitrogens with one attached hydrogen (secondary N) is 1. The van der Waals surface area contributed by atoms with Gasteiger partial charge < -0.3 is 14.8 Å². The number of carbonyl (C=O) groups excluding carboxylic acids is 2. The van der Waals surface area contributed by atoms with E-state index in [-0.39, 0.29) is 24.9 Å². The number of rotatable bonds is 8. The van der Waals surface area contributed by atoms with Crippen LogP contribution in [0.2, 0.25) is 0 Å². The molecule has 9 heteroatoms. The molecule has 0 spiro atoms. The van der Waals surface area contributed by atoms with E-state index in [0.717, 1.165) is 20.5 Å². The van der Waals surface area contributed by atoms with Gasteiger partial charge in [0, 0.05) is 11.9 Å². The van der Waals surface area contributed by atoms with Crippen molar-refractivity contribution < 1.29 is 19.1 Å². The van der Waals surface area contributed by atoms with Crippen molar-refractivity contribution in [2.24, 2.45) is 0 Å². The lowest BCUT2D eigenvalue weighted by Gasteiger charge is -2.05. The van der Waals surface area contributed by atoms with Gasteiger partial charge in [-0.05, 0) is 29.1 Å². The van der Waals surface area contributed by atoms with Crippen molar-refractivity contribution in [2.75, 3.05) is 12.5 Å². The molecular weight excluding hydrogens is 416 g/mol. The quantitative estimate of drug-likeness (QED) is 0.431. The monoisotopic (exact) mass is 432 g/mol. The van der Waals surface area contributed by atoms with Crippen LogP contribution in [0.1, 0.15) is 20.9 Å². The van der Waals surface area contributed by atoms with Crippen LogP contribution < -0.4 is 14.8 Å². The van der Waals surface area contributed by atoms with Crippen molar-refractivity contribution in [3.63, 3.8) is 0 Å². The average molecular weight is 433 g/mol. The molecule has 0 saturated heterocycles. The number of thioether (sulfide) groups is 1. The molecule has 0 saturated carbocycles. The van der Waals surface area contributed by atoms with Gasteiger partial charge in [-0.3, -0.25) is 9.59 Å². The van der Waals surface area contributed by atoms with Crippen molar-refractivity contribution in [2.45, 2.75) is 17.3 Å². The number of ether oxygens (including phenoxy) is 2. The zero-order valence-corrected chi connectivity index (χ0v) is 17.1. The molecule has 0 atom stereocenters. The van der Waals surface area contributed by atoms with Gasteiger partial charge in [0.25, 0.3) is 0 Å². The Morgan fingerprint density at radius 3 is 2.93 bits per heavy atom. The van der Waals surface area contributed by atoms with Crippen molar-refractivity contribution >= 4 is 46.1 Å². The molecule has 1 aliphatic heterocycles. The summed E-state index contributed by atoms with van der Waals surface area (Å²) in [5, 5.41) is 6.64. The van der Waals surface area contributed by atoms with E-state index in [4.69, 9.17) is 9.47 Å². The normalized spacial score (nSPS) is 12.1. The lowest BCUT2D eigenvalue weighted by Crippen LogP contribution is -2.24. The molecule has 1 aliphatic rings. The number of fused-ring (bicyclic) bond motifs is 1. The standard InChI is InChI=1S/C19H16N2O4S3/c22-14(17-2-1-5-26-17)10-28-19-21-13(9-27-19)7-18(23)20-8-12-3-4-15-16(6-12)25-11-24-15/h1-6,9H,7-8,10-11H2,(H,20,23). The molecule has 4 rings (SSSR count). The minimum absolute atomic E-state index is 0.0956. The summed E-state index contributed by atoms with van der Waals surface area (Å²) in [5.41, 5.74) is 1.65. The number of nitrogens with zero attached hydrogens (tertiary/aromatic N) is 1. The van der Waals surface area contributed by atoms with Crippen LogP contribution >= 0.6 is 34.4 Å². The van der Waals surface area contributed by atoms with Crippen LogP contribution in [0.15, 0.2) is 45.4 Å². The number of ketones is 1. The van der Waals surface area contributed by atoms with Gasteiger partial charge in [0.15, 0.2) is 21.6 Å². The fraction of sp³-hybridized carbons (Fsp3) is 0.211. The molecule has 0 radical (unpaired) electrons. The van der Waals surface area contributed by atoms with Gasteiger partial charge >= 0.3 is 0 Å². The van der Waals surface area contributed by atoms with E-state index in [1.807, 2.05) is 41.1 Å². The summed E-state index contributed by atoms with van der Waals surface area (Å²) in [6, 6.07) is 9.30. The fourth-order valence-corrected chi connectivity index (χ4v) is 5.03. The summed E-state index contributed by atoms with van der Waals surface area (Å²) in [7, 11) is 0. The van der Waals surface area contributed by atoms with Crippen LogP contribution in [0.5, 0.6) is 11.5 Å². The molecule has 6 nitrogen and oxygen atoms in total. The van der Waals surface area contributed by atoms with E-state index in [1.54, 1.807) is 0 Å². The van der Waals surface area contributed by atoms with Crippen LogP contribution in [0.4, 0.5) is 0 Å². The number of benzene rings is 1. The molecule has 2 aromatic heterocycles. The van der Waals surface area contributed by atoms with Gasteiger partial charge in [-0.15, -0.1) is 22.7 Å². The minimum atomic E-state index is -0.103. The van der Waals surface area contributed by atoms with Gasteiger partial charge in [-0.2, -0.15) is 0 Å². The summed E-state index contributed by atoms with van der Waals surface area (Å²) >= 11 is 4.30. The highest BCUT2D eigenvalue weighted by Gasteiger charge is 2.14. The Hall–Kier alpha value is -2.36. The van der Waals surface area contributed by atoms with Gasteiger partial charge in [-0.25, -0.2) is 4.98 Å². The van der Waals surface area contributed by atoms with Gasteiger partial charge in [0.05, 0.1) is 22.7 Å². The Balaban J connectivity index is 1.24. The Morgan fingerprint density at radius 2 is 2.07 bits per heavy atom. The number of Topliss-reactive ketones (excluding diaryl/α,β-unsaturated/α-hetero) is 1. The molecule has 1 N–H and O–H groups in total. The molecule has 0 bridgehead atoms. The number of thiazole rings is 1. The van der Waals surface area contributed by atoms with E-state index < -0.39 is 0 Å². The molecule has 1 amide bonds. The molecule has 144 valence electrons. The largest absolute Gasteiger partial charge is 0.454 e. The van der Waals surface area contributed by atoms with Gasteiger partial charge in [0.1, 0.15) is 0 Å². The predicted molar refractivity (Wildman–Crippen MR) is 110 cm³/mol. The Bertz CT molecular complexity index is 985. The van der Waals surface area contributed by atoms with Crippen molar-refractivity contribution in [3.05, 3.63) is 57.2 Å². The second-order valence-corrected chi connectivity index (χ2v) is 8.96. The second-order valence-electron chi connectivity index (χ2n) is 5.94. The van der Waals surface area contributed by atoms with Crippen molar-refractivity contribution in [1.29, 1.82) is 0 Å². The minimum Gasteiger partial charge on any atom is -0.454 e. The maximum absolute atomic E-state index is 12.2. The van der Waals surface area contributed by atoms with E-state index >= 15 is 0 Å². The van der Waals surface area contributed by atoms with Gasteiger partial charge in [0.2, 0.25) is 12.7 Å². The van der Waals surface area contributed by atoms with Crippen LogP contribution in [0.3, 0.4) is 0 Å². The van der Waals surface area contributed by atoms with E-state index in [0.29, 0.717) is 23.7 Å². The van der Waals surface area contributed by atoms with E-state index in [9.17, 15) is 9.59 Å². The summed E-state index contributed by atoms with van der Waals surface area (Å²) < 4.78 is 11.4. The summed E-state index contributed by atoms with van der Waals surface area (Å²) in [5.74, 6) is 1.77. The third kappa shape index (κ3) is 4.73. The molecule has 0 aliphatic carbocycles. The Labute approximate surface area is 173 Å². The molecule has 3 aromatic rings. The van der Waals surface area contributed by atoms with E-state index in [2.05, 4.69) is 10.3 Å². The Kier molecular flexibility index (Phi) is 5.94. The molecule has 0 fully saturated rings. The number of thiophene rings is 1. The van der Waals surface area contributed by atoms with Crippen LogP contribution in [-0.2, 0) is 17.8 Å². The summed E-state index contributed by atoms with van der Waals surface area (Å²) in [6.07, 6.45) is 0.209. The molecule has 1 aromatic carbocycles. The molecule has 3 heterocycles. The van der Waals surface area contributed by atoms with Crippen LogP contribution in [0, 0.1) is 0 Å². The molecular formula is C19H16N2O4S3. The highest BCUT2D eigenvalue weighted by molar-refractivity contribution is 8.01. The molecule has 28 heavy (non-hydrogen) atoms. The lowest BCUT2D eigenvalue weighted by atomic mass is 10.2. The zero-order valence-electron chi connectivity index (χ0n) is 14.7. The lowest BCUT2D eigenvalue weighted by molar-refractivity contribution is -0.120.